The van der Waals surface area contributed by atoms with E-state index in [4.69, 9.17) is 9.26 Å². The smallest absolute Gasteiger partial charge is 0.254 e. The predicted molar refractivity (Wildman–Crippen MR) is 77.2 cm³/mol. The van der Waals surface area contributed by atoms with Crippen LogP contribution in [0.2, 0.25) is 0 Å². The summed E-state index contributed by atoms with van der Waals surface area (Å²) in [4.78, 5) is 14.5. The van der Waals surface area contributed by atoms with Gasteiger partial charge in [-0.1, -0.05) is 5.16 Å². The lowest BCUT2D eigenvalue weighted by molar-refractivity contribution is 0.0714. The molecule has 1 amide bonds. The largest absolute Gasteiger partial charge is 0.497 e. The van der Waals surface area contributed by atoms with Crippen molar-refractivity contribution in [1.29, 1.82) is 0 Å². The van der Waals surface area contributed by atoms with Gasteiger partial charge in [-0.2, -0.15) is 0 Å². The van der Waals surface area contributed by atoms with Gasteiger partial charge in [-0.05, 0) is 44.0 Å². The van der Waals surface area contributed by atoms with Gasteiger partial charge in [0.15, 0.2) is 5.76 Å². The van der Waals surface area contributed by atoms with Gasteiger partial charge in [0, 0.05) is 18.2 Å². The Hall–Kier alpha value is -2.30. The zero-order valence-corrected chi connectivity index (χ0v) is 12.2. The molecule has 0 radical (unpaired) electrons. The molecule has 1 atom stereocenters. The maximum Gasteiger partial charge on any atom is 0.254 e. The number of likely N-dealkylation sites (tertiary alicyclic amines) is 1. The van der Waals surface area contributed by atoms with Gasteiger partial charge in [-0.15, -0.1) is 0 Å². The summed E-state index contributed by atoms with van der Waals surface area (Å²) >= 11 is 0. The Morgan fingerprint density at radius 3 is 2.76 bits per heavy atom. The molecule has 0 saturated carbocycles. The van der Waals surface area contributed by atoms with E-state index in [0.29, 0.717) is 5.56 Å². The number of carbonyl (C=O) groups is 1. The first kappa shape index (κ1) is 13.7. The molecule has 21 heavy (non-hydrogen) atoms. The van der Waals surface area contributed by atoms with Gasteiger partial charge in [0.05, 0.1) is 18.8 Å². The van der Waals surface area contributed by atoms with Crippen molar-refractivity contribution in [2.75, 3.05) is 13.7 Å². The van der Waals surface area contributed by atoms with Gasteiger partial charge in [-0.25, -0.2) is 0 Å². The summed E-state index contributed by atoms with van der Waals surface area (Å²) in [7, 11) is 1.61. The first-order valence-corrected chi connectivity index (χ1v) is 7.07. The highest BCUT2D eigenvalue weighted by Gasteiger charge is 2.33. The second kappa shape index (κ2) is 5.60. The molecule has 110 valence electrons. The molecule has 0 spiro atoms. The van der Waals surface area contributed by atoms with Gasteiger partial charge >= 0.3 is 0 Å². The van der Waals surface area contributed by atoms with Crippen LogP contribution < -0.4 is 4.74 Å². The lowest BCUT2D eigenvalue weighted by atomic mass is 10.1. The molecule has 2 aromatic rings. The number of hydrogen-bond acceptors (Lipinski definition) is 4. The van der Waals surface area contributed by atoms with Crippen molar-refractivity contribution in [3.63, 3.8) is 0 Å². The van der Waals surface area contributed by atoms with Crippen LogP contribution in [0.15, 0.2) is 34.9 Å². The molecule has 0 N–H and O–H groups in total. The Kier molecular flexibility index (Phi) is 3.64. The highest BCUT2D eigenvalue weighted by molar-refractivity contribution is 5.94. The van der Waals surface area contributed by atoms with Crippen LogP contribution in [0.5, 0.6) is 5.75 Å². The maximum absolute atomic E-state index is 12.7. The highest BCUT2D eigenvalue weighted by atomic mass is 16.5. The fourth-order valence-electron chi connectivity index (χ4n) is 2.75. The third-order valence-electron chi connectivity index (χ3n) is 3.83. The Labute approximate surface area is 123 Å². The summed E-state index contributed by atoms with van der Waals surface area (Å²) in [6.45, 7) is 2.63. The molecule has 0 aliphatic carbocycles. The van der Waals surface area contributed by atoms with Crippen LogP contribution in [0.3, 0.4) is 0 Å². The SMILES string of the molecule is COc1ccc(C(=O)N2CCC[C@H]2c2cc(C)no2)cc1. The van der Waals surface area contributed by atoms with Crippen LogP contribution in [0, 0.1) is 6.92 Å². The molecule has 1 aromatic carbocycles. The molecule has 1 fully saturated rings. The second-order valence-corrected chi connectivity index (χ2v) is 5.26. The number of carbonyl (C=O) groups excluding carboxylic acids is 1. The lowest BCUT2D eigenvalue weighted by Crippen LogP contribution is -2.30. The Morgan fingerprint density at radius 1 is 1.38 bits per heavy atom. The monoisotopic (exact) mass is 286 g/mol. The second-order valence-electron chi connectivity index (χ2n) is 5.26. The van der Waals surface area contributed by atoms with E-state index in [9.17, 15) is 4.79 Å². The maximum atomic E-state index is 12.7. The molecule has 0 unspecified atom stereocenters. The van der Waals surface area contributed by atoms with E-state index in [2.05, 4.69) is 5.16 Å². The topological polar surface area (TPSA) is 55.6 Å². The summed E-state index contributed by atoms with van der Waals surface area (Å²) in [5.41, 5.74) is 1.51. The first-order chi connectivity index (χ1) is 10.2. The first-order valence-electron chi connectivity index (χ1n) is 7.07. The minimum absolute atomic E-state index is 0.0131. The zero-order valence-electron chi connectivity index (χ0n) is 12.2. The number of nitrogens with zero attached hydrogens (tertiary/aromatic N) is 2. The molecular formula is C16H18N2O3. The average molecular weight is 286 g/mol. The van der Waals surface area contributed by atoms with Crippen molar-refractivity contribution in [2.24, 2.45) is 0 Å². The van der Waals surface area contributed by atoms with E-state index >= 15 is 0 Å². The van der Waals surface area contributed by atoms with E-state index in [0.717, 1.165) is 36.6 Å². The standard InChI is InChI=1S/C16H18N2O3/c1-11-10-15(21-17-11)14-4-3-9-18(14)16(19)12-5-7-13(20-2)8-6-12/h5-8,10,14H,3-4,9H2,1-2H3/t14-/m0/s1. The van der Waals surface area contributed by atoms with E-state index < -0.39 is 0 Å². The summed E-state index contributed by atoms with van der Waals surface area (Å²) in [6.07, 6.45) is 1.89. The molecule has 1 saturated heterocycles. The van der Waals surface area contributed by atoms with Gasteiger partial charge in [0.1, 0.15) is 5.75 Å². The van der Waals surface area contributed by atoms with E-state index in [1.807, 2.05) is 17.9 Å². The molecule has 0 bridgehead atoms. The normalized spacial score (nSPS) is 18.0. The van der Waals surface area contributed by atoms with Crippen molar-refractivity contribution in [1.82, 2.24) is 10.1 Å². The predicted octanol–water partition coefficient (Wildman–Crippen LogP) is 2.97. The molecule has 5 nitrogen and oxygen atoms in total. The third kappa shape index (κ3) is 2.63. The highest BCUT2D eigenvalue weighted by Crippen LogP contribution is 2.33. The molecule has 1 aromatic heterocycles. The molecule has 5 heteroatoms. The van der Waals surface area contributed by atoms with Gasteiger partial charge in [0.25, 0.3) is 5.91 Å². The van der Waals surface area contributed by atoms with E-state index in [-0.39, 0.29) is 11.9 Å². The van der Waals surface area contributed by atoms with Gasteiger partial charge in [0.2, 0.25) is 0 Å². The lowest BCUT2D eigenvalue weighted by Gasteiger charge is -2.22. The number of benzene rings is 1. The number of rotatable bonds is 3. The van der Waals surface area contributed by atoms with Crippen LogP contribution >= 0.6 is 0 Å². The van der Waals surface area contributed by atoms with Crippen LogP contribution in [-0.2, 0) is 0 Å². The van der Waals surface area contributed by atoms with E-state index in [1.54, 1.807) is 31.4 Å². The molecule has 1 aliphatic rings. The van der Waals surface area contributed by atoms with E-state index in [1.165, 1.54) is 0 Å². The minimum atomic E-state index is -0.0131. The fourth-order valence-corrected chi connectivity index (χ4v) is 2.75. The average Bonchev–Trinajstić information content (AvgIpc) is 3.15. The summed E-state index contributed by atoms with van der Waals surface area (Å²) in [6, 6.07) is 9.09. The number of ether oxygens (including phenoxy) is 1. The van der Waals surface area contributed by atoms with Crippen molar-refractivity contribution in [3.05, 3.63) is 47.3 Å². The van der Waals surface area contributed by atoms with Crippen molar-refractivity contribution in [2.45, 2.75) is 25.8 Å². The minimum Gasteiger partial charge on any atom is -0.497 e. The molecule has 2 heterocycles. The van der Waals surface area contributed by atoms with Crippen LogP contribution in [0.4, 0.5) is 0 Å². The molecular weight excluding hydrogens is 268 g/mol. The number of amides is 1. The Bertz CT molecular complexity index is 633. The van der Waals surface area contributed by atoms with Crippen molar-refractivity contribution in [3.8, 4) is 5.75 Å². The van der Waals surface area contributed by atoms with Gasteiger partial charge in [-0.3, -0.25) is 4.79 Å². The van der Waals surface area contributed by atoms with Crippen LogP contribution in [0.1, 0.15) is 40.7 Å². The quantitative estimate of drug-likeness (QED) is 0.870. The Morgan fingerprint density at radius 2 is 2.14 bits per heavy atom. The Balaban J connectivity index is 1.82. The number of hydrogen-bond donors (Lipinski definition) is 0. The van der Waals surface area contributed by atoms with Crippen LogP contribution in [-0.4, -0.2) is 29.6 Å². The number of methoxy groups -OCH3 is 1. The van der Waals surface area contributed by atoms with Crippen molar-refractivity contribution < 1.29 is 14.1 Å². The third-order valence-corrected chi connectivity index (χ3v) is 3.83. The summed E-state index contributed by atoms with van der Waals surface area (Å²) in [5, 5.41) is 3.92. The summed E-state index contributed by atoms with van der Waals surface area (Å²) in [5.74, 6) is 1.54. The number of aryl methyl sites for hydroxylation is 1. The van der Waals surface area contributed by atoms with Gasteiger partial charge < -0.3 is 14.2 Å². The van der Waals surface area contributed by atoms with Crippen LogP contribution in [0.25, 0.3) is 0 Å². The summed E-state index contributed by atoms with van der Waals surface area (Å²) < 4.78 is 10.5. The zero-order chi connectivity index (χ0) is 14.8. The molecule has 1 aliphatic heterocycles. The molecule has 3 rings (SSSR count). The number of aromatic nitrogens is 1. The fraction of sp³-hybridized carbons (Fsp3) is 0.375. The van der Waals surface area contributed by atoms with Crippen molar-refractivity contribution >= 4 is 5.91 Å².